The molecule has 0 spiro atoms. The van der Waals surface area contributed by atoms with Gasteiger partial charge in [0.2, 0.25) is 0 Å². The van der Waals surface area contributed by atoms with Gasteiger partial charge in [-0.05, 0) is 83.9 Å². The van der Waals surface area contributed by atoms with Gasteiger partial charge in [0, 0.05) is 66.1 Å². The first-order valence-corrected chi connectivity index (χ1v) is 49.6. The van der Waals surface area contributed by atoms with E-state index >= 15 is 0 Å². The van der Waals surface area contributed by atoms with Crippen LogP contribution in [0.15, 0.2) is 0 Å². The third-order valence-corrected chi connectivity index (χ3v) is 14.4. The van der Waals surface area contributed by atoms with E-state index in [4.69, 9.17) is 10.5 Å². The minimum Gasteiger partial charge on any atom is 0 e. The Labute approximate surface area is 554 Å². The quantitative estimate of drug-likeness (QED) is 0.0136. The topological polar surface area (TPSA) is 203 Å². The molecule has 0 aliphatic heterocycles. The second-order valence-electron chi connectivity index (χ2n) is 16.5. The minimum atomic E-state index is -0.574. The molecule has 0 rings (SSSR count). The first-order valence-electron chi connectivity index (χ1n) is 22.3. The van der Waals surface area contributed by atoms with Crippen LogP contribution in [0.3, 0.4) is 0 Å². The number of esters is 1. The monoisotopic (exact) mass is 1830 g/mol. The molecule has 1 radical (unpaired) electrons. The van der Waals surface area contributed by atoms with E-state index in [0.717, 1.165) is 5.75 Å². The summed E-state index contributed by atoms with van der Waals surface area (Å²) in [6, 6.07) is -1.29. The standard InChI is InChI=1S/C17H34N2O2S3.C13H25NO3S2.C10H20N2O2S2.C3H6O.CH4.5HI.3V.H2/c1-10(2)17(24)16(18-5)14(20)6-13(9-23)15(21)7-19-12(4)11(3)8-22;1-5-17-11(16)6-7-19-8-10(15)12(14-4)13(18)9(2)3;1-6(4-15)10(7(2)13)12-3-9(14)8(11)5-16;1-3(2)4;;;;;;;;;;/h10-13,16-19,22-24H,6-9H2,1-5H3;9,12-14,18H,5-8H2,1-4H3;6,8,10,12,15-16H,3-5,11H2,1-2H3;1-2H3;1H4;5*1H;;;;1H/q;;;;;;;;;;;+2;+3;/p-5/t11-,12+,13-,16+,17+;12-,13-;6-,8-,10-;;;;;;;;;;;/m010.........../s1. The molecule has 0 aromatic carbocycles. The van der Waals surface area contributed by atoms with Gasteiger partial charge in [0.25, 0.3) is 0 Å². The van der Waals surface area contributed by atoms with Crippen LogP contribution in [0.5, 0.6) is 0 Å². The average molecular weight is 1830 g/mol. The van der Waals surface area contributed by atoms with Crippen LogP contribution in [0.25, 0.3) is 0 Å². The molecule has 13 nitrogen and oxygen atoms in total. The molecule has 0 amide bonds. The smallest absolute Gasteiger partial charge is 0 e. The zero-order valence-corrected chi connectivity index (χ0v) is 64.5. The number of thiol groups is 6. The molecule has 0 aliphatic rings. The van der Waals surface area contributed by atoms with Crippen molar-refractivity contribution in [2.45, 2.75) is 137 Å². The SMILES string of the molecule is C.CC(=O)[C@@H](NCC(=O)[C@@H](N)CS)[C@@H](C)CS.CC(C)=O.CCOC(=O)CCSCC(=O)[C@@H](NC)[C@H](S)C(C)C.CN[C@H](C(=O)C[C@@H](CS)C(=O)CN[C@H](C)[C@@H](C)CS)[C@H](S)C(C)C.[HH].[I][V]([I])[I].[I][V][I].[V]. The van der Waals surface area contributed by atoms with Gasteiger partial charge in [0.05, 0.1) is 56.0 Å². The van der Waals surface area contributed by atoms with E-state index in [0.29, 0.717) is 63.1 Å². The normalized spacial score (nSPS) is 14.5. The molecule has 0 bridgehead atoms. The third-order valence-electron chi connectivity index (χ3n) is 9.63. The summed E-state index contributed by atoms with van der Waals surface area (Å²) in [5, 5.41) is 12.1. The summed E-state index contributed by atoms with van der Waals surface area (Å²) in [4.78, 5) is 80.1. The maximum Gasteiger partial charge on any atom is 0 e. The largest absolute Gasteiger partial charge is 0 e. The fourth-order valence-electron chi connectivity index (χ4n) is 5.18. The number of Topliss-reactive ketones (excluding diaryl/α,β-unsaturated/α-hetero) is 6. The van der Waals surface area contributed by atoms with Crippen LogP contribution >= 0.6 is 187 Å². The van der Waals surface area contributed by atoms with Crippen molar-refractivity contribution in [1.82, 2.24) is 21.3 Å². The molecule has 0 aromatic heterocycles. The Morgan fingerprint density at radius 2 is 1.10 bits per heavy atom. The van der Waals surface area contributed by atoms with Crippen molar-refractivity contribution in [3.05, 3.63) is 0 Å². The number of hydrogen-bond acceptors (Lipinski definition) is 20. The van der Waals surface area contributed by atoms with Crippen molar-refractivity contribution in [2.75, 3.05) is 68.3 Å². The van der Waals surface area contributed by atoms with Crippen molar-refractivity contribution in [3.8, 4) is 0 Å². The zero-order chi connectivity index (χ0) is 56.3. The van der Waals surface area contributed by atoms with Crippen molar-refractivity contribution < 1.29 is 72.7 Å². The van der Waals surface area contributed by atoms with E-state index in [9.17, 15) is 33.6 Å². The Morgan fingerprint density at radius 3 is 1.43 bits per heavy atom. The second-order valence-corrected chi connectivity index (χ2v) is 67.4. The number of nitrogens with one attached hydrogen (secondary N) is 4. The number of carbonyl (C=O) groups is 7. The van der Waals surface area contributed by atoms with E-state index in [2.05, 4.69) is 204 Å². The van der Waals surface area contributed by atoms with Gasteiger partial charge in [-0.1, -0.05) is 49.0 Å². The predicted molar refractivity (Wildman–Crippen MR) is 365 cm³/mol. The molecule has 0 unspecified atom stereocenters. The number of carbonyl (C=O) groups excluding carboxylic acids is 7. The number of ether oxygens (including phenoxy) is 1. The Balaban J connectivity index is -0.000000108. The fraction of sp³-hybridized carbons (Fsp3) is 0.841. The van der Waals surface area contributed by atoms with Crippen LogP contribution in [-0.4, -0.2) is 150 Å². The second kappa shape index (κ2) is 62.2. The van der Waals surface area contributed by atoms with Crippen molar-refractivity contribution in [3.63, 3.8) is 0 Å². The summed E-state index contributed by atoms with van der Waals surface area (Å²) in [5.74, 6) is 3.76. The summed E-state index contributed by atoms with van der Waals surface area (Å²) in [5.41, 5.74) is 5.52. The summed E-state index contributed by atoms with van der Waals surface area (Å²) in [6.45, 7) is 21.3. The van der Waals surface area contributed by atoms with Gasteiger partial charge in [0.1, 0.15) is 11.6 Å². The summed E-state index contributed by atoms with van der Waals surface area (Å²) >= 11 is 39.2. The number of halogens is 5. The molecule has 0 aliphatic carbocycles. The molecule has 0 aromatic rings. The number of likely N-dealkylation sites (N-methyl/N-ethyl adjacent to an activating group) is 2. The average Bonchev–Trinajstić information content (AvgIpc) is 3.28. The Kier molecular flexibility index (Phi) is 80.8. The predicted octanol–water partition coefficient (Wildman–Crippen LogP) is 9.76. The van der Waals surface area contributed by atoms with Crippen LogP contribution in [0, 0.1) is 29.6 Å². The molecule has 0 heterocycles. The maximum atomic E-state index is 12.6. The molecule has 6 N–H and O–H groups in total. The van der Waals surface area contributed by atoms with Gasteiger partial charge in [-0.3, -0.25) is 28.8 Å². The molecular weight excluding hydrogens is 1740 g/mol. The Hall–Kier alpha value is 5.14. The fourth-order valence-corrected chi connectivity index (χ4v) is 7.71. The van der Waals surface area contributed by atoms with Gasteiger partial charge in [0.15, 0.2) is 23.1 Å². The summed E-state index contributed by atoms with van der Waals surface area (Å²) in [6.07, 6.45) is 0.556. The van der Waals surface area contributed by atoms with Crippen molar-refractivity contribution in [1.29, 1.82) is 0 Å². The van der Waals surface area contributed by atoms with Crippen LogP contribution in [0.2, 0.25) is 0 Å². The molecule has 0 saturated carbocycles. The van der Waals surface area contributed by atoms with Crippen LogP contribution < -0.4 is 27.0 Å². The van der Waals surface area contributed by atoms with E-state index < -0.39 is 6.04 Å². The van der Waals surface area contributed by atoms with Gasteiger partial charge in [-0.2, -0.15) is 87.5 Å². The van der Waals surface area contributed by atoms with E-state index in [1.807, 2.05) is 41.5 Å². The Morgan fingerprint density at radius 1 is 0.694 bits per heavy atom. The first kappa shape index (κ1) is 93.6. The molecule has 72 heavy (non-hydrogen) atoms. The van der Waals surface area contributed by atoms with E-state index in [1.54, 1.807) is 21.0 Å². The Bertz CT molecular complexity index is 1410. The van der Waals surface area contributed by atoms with Crippen molar-refractivity contribution in [2.24, 2.45) is 35.3 Å². The summed E-state index contributed by atoms with van der Waals surface area (Å²) in [7, 11) is 4.16. The maximum absolute atomic E-state index is 12.6. The van der Waals surface area contributed by atoms with Crippen LogP contribution in [0.1, 0.15) is 97.9 Å². The van der Waals surface area contributed by atoms with Crippen molar-refractivity contribution >= 4 is 228 Å². The van der Waals surface area contributed by atoms with Gasteiger partial charge in [-0.15, -0.1) is 0 Å². The molecule has 28 heteroatoms. The van der Waals surface area contributed by atoms with Gasteiger partial charge < -0.3 is 36.5 Å². The summed E-state index contributed by atoms with van der Waals surface area (Å²) < 4.78 is 4.83. The van der Waals surface area contributed by atoms with E-state index in [-0.39, 0.29) is 145 Å². The number of rotatable bonds is 31. The first-order chi connectivity index (χ1) is 32.4. The molecule has 10 atom stereocenters. The number of hydrogen-bond donors (Lipinski definition) is 11. The third kappa shape index (κ3) is 57.0. The van der Waals surface area contributed by atoms with Gasteiger partial charge >= 0.3 is 120 Å². The number of thioether (sulfide) groups is 1. The molecule has 432 valence electrons. The molecular formula is C44H91I5N5O8S7V3. The van der Waals surface area contributed by atoms with E-state index in [1.165, 1.54) is 32.5 Å². The molecule has 0 fully saturated rings. The van der Waals surface area contributed by atoms with Crippen LogP contribution in [0.4, 0.5) is 0 Å². The van der Waals surface area contributed by atoms with Gasteiger partial charge in [-0.25, -0.2) is 0 Å². The minimum absolute atomic E-state index is 0. The molecule has 0 saturated heterocycles. The number of ketones is 6. The zero-order valence-electron chi connectivity index (χ0n) is 43.4. The van der Waals surface area contributed by atoms with Crippen LogP contribution in [-0.2, 0) is 71.2 Å². The number of nitrogens with two attached hydrogens (primary N) is 1.